The normalized spacial score (nSPS) is 16.5. The van der Waals surface area contributed by atoms with Crippen molar-refractivity contribution in [3.63, 3.8) is 0 Å². The van der Waals surface area contributed by atoms with Gasteiger partial charge >= 0.3 is 0 Å². The van der Waals surface area contributed by atoms with Crippen LogP contribution in [-0.4, -0.2) is 89.1 Å². The third-order valence-corrected chi connectivity index (χ3v) is 5.97. The van der Waals surface area contributed by atoms with Crippen molar-refractivity contribution in [2.45, 2.75) is 51.8 Å². The molecule has 1 saturated heterocycles. The van der Waals surface area contributed by atoms with E-state index in [0.29, 0.717) is 67.6 Å². The number of hydrogen-bond acceptors (Lipinski definition) is 9. The Morgan fingerprint density at radius 2 is 2.09 bits per heavy atom. The van der Waals surface area contributed by atoms with Gasteiger partial charge in [0.1, 0.15) is 18.2 Å². The molecule has 1 atom stereocenters. The highest BCUT2D eigenvalue weighted by Gasteiger charge is 2.29. The van der Waals surface area contributed by atoms with Crippen LogP contribution in [0.2, 0.25) is 0 Å². The van der Waals surface area contributed by atoms with Gasteiger partial charge in [-0.3, -0.25) is 9.79 Å². The Morgan fingerprint density at radius 1 is 1.32 bits per heavy atom. The molecule has 1 aliphatic heterocycles. The zero-order valence-corrected chi connectivity index (χ0v) is 20.5. The van der Waals surface area contributed by atoms with Crippen LogP contribution in [0, 0.1) is 0 Å². The number of hydrogen-bond donors (Lipinski definition) is 2. The number of piperidine rings is 1. The monoisotopic (exact) mass is 472 g/mol. The van der Waals surface area contributed by atoms with Gasteiger partial charge in [0.15, 0.2) is 17.0 Å². The molecule has 3 N–H and O–H groups in total. The maximum atomic E-state index is 13.3. The minimum atomic E-state index is -0.416. The highest BCUT2D eigenvalue weighted by atomic mass is 16.5. The van der Waals surface area contributed by atoms with Crippen LogP contribution in [0.4, 0.5) is 5.82 Å². The summed E-state index contributed by atoms with van der Waals surface area (Å²) in [6, 6.07) is -0.416. The lowest BCUT2D eigenvalue weighted by Crippen LogP contribution is -2.47. The first-order valence-electron chi connectivity index (χ1n) is 11.8. The first kappa shape index (κ1) is 25.6. The number of aliphatic imine (C=N–C) groups is 1. The van der Waals surface area contributed by atoms with Gasteiger partial charge in [-0.2, -0.15) is 0 Å². The molecule has 0 saturated carbocycles. The SMILES string of the molecule is CC[C@H](Nc1ncnc2c1nc(C(C=NC)=CN)n2CC)C(=O)N1CCC(OCCOC)CC1. The second-order valence-corrected chi connectivity index (χ2v) is 8.08. The van der Waals surface area contributed by atoms with Gasteiger partial charge in [-0.1, -0.05) is 6.92 Å². The lowest BCUT2D eigenvalue weighted by atomic mass is 10.1. The number of nitrogens with one attached hydrogen (secondary N) is 1. The zero-order valence-electron chi connectivity index (χ0n) is 20.5. The molecule has 0 aliphatic carbocycles. The molecule has 0 spiro atoms. The van der Waals surface area contributed by atoms with Gasteiger partial charge in [0.05, 0.1) is 24.9 Å². The molecule has 0 unspecified atom stereocenters. The first-order chi connectivity index (χ1) is 16.6. The minimum absolute atomic E-state index is 0.0559. The van der Waals surface area contributed by atoms with Gasteiger partial charge in [-0.05, 0) is 26.2 Å². The summed E-state index contributed by atoms with van der Waals surface area (Å²) in [5.41, 5.74) is 7.78. The van der Waals surface area contributed by atoms with Crippen molar-refractivity contribution >= 4 is 34.7 Å². The van der Waals surface area contributed by atoms with Crippen molar-refractivity contribution in [1.82, 2.24) is 24.4 Å². The largest absolute Gasteiger partial charge is 0.404 e. The van der Waals surface area contributed by atoms with E-state index >= 15 is 0 Å². The fraction of sp³-hybridized carbons (Fsp3) is 0.609. The molecule has 3 rings (SSSR count). The summed E-state index contributed by atoms with van der Waals surface area (Å²) >= 11 is 0. The van der Waals surface area contributed by atoms with Gasteiger partial charge in [0.2, 0.25) is 5.91 Å². The molecule has 11 heteroatoms. The van der Waals surface area contributed by atoms with Gasteiger partial charge < -0.3 is 30.0 Å². The highest BCUT2D eigenvalue weighted by Crippen LogP contribution is 2.25. The van der Waals surface area contributed by atoms with E-state index in [9.17, 15) is 4.79 Å². The van der Waals surface area contributed by atoms with Crippen LogP contribution in [0.25, 0.3) is 16.7 Å². The van der Waals surface area contributed by atoms with E-state index in [4.69, 9.17) is 20.2 Å². The van der Waals surface area contributed by atoms with Crippen molar-refractivity contribution in [1.29, 1.82) is 0 Å². The first-order valence-corrected chi connectivity index (χ1v) is 11.8. The van der Waals surface area contributed by atoms with Crippen molar-refractivity contribution in [3.05, 3.63) is 18.4 Å². The van der Waals surface area contributed by atoms with Gasteiger partial charge in [-0.15, -0.1) is 0 Å². The Bertz CT molecular complexity index is 1010. The van der Waals surface area contributed by atoms with E-state index in [-0.39, 0.29) is 12.0 Å². The smallest absolute Gasteiger partial charge is 0.245 e. The molecule has 1 fully saturated rings. The van der Waals surface area contributed by atoms with Crippen LogP contribution in [0.5, 0.6) is 0 Å². The number of carbonyl (C=O) groups is 1. The Labute approximate surface area is 200 Å². The number of carbonyl (C=O) groups excluding carboxylic acids is 1. The number of fused-ring (bicyclic) bond motifs is 1. The molecule has 0 bridgehead atoms. The Kier molecular flexibility index (Phi) is 9.34. The molecule has 186 valence electrons. The number of anilines is 1. The van der Waals surface area contributed by atoms with Crippen LogP contribution in [0.15, 0.2) is 17.5 Å². The number of methoxy groups -OCH3 is 1. The number of imidazole rings is 1. The molecule has 2 aromatic heterocycles. The third-order valence-electron chi connectivity index (χ3n) is 5.97. The maximum Gasteiger partial charge on any atom is 0.245 e. The number of amides is 1. The molecule has 1 aliphatic rings. The molecule has 3 heterocycles. The third kappa shape index (κ3) is 5.71. The summed E-state index contributed by atoms with van der Waals surface area (Å²) in [6.45, 7) is 7.14. The van der Waals surface area contributed by atoms with Crippen LogP contribution < -0.4 is 11.1 Å². The average Bonchev–Trinajstić information content (AvgIpc) is 3.25. The van der Waals surface area contributed by atoms with Crippen molar-refractivity contribution in [2.24, 2.45) is 10.7 Å². The fourth-order valence-corrected chi connectivity index (χ4v) is 4.14. The van der Waals surface area contributed by atoms with Gasteiger partial charge in [-0.25, -0.2) is 15.0 Å². The summed E-state index contributed by atoms with van der Waals surface area (Å²) in [5, 5.41) is 3.33. The number of aromatic nitrogens is 4. The van der Waals surface area contributed by atoms with Crippen molar-refractivity contribution in [3.8, 4) is 0 Å². The molecular weight excluding hydrogens is 436 g/mol. The van der Waals surface area contributed by atoms with Gasteiger partial charge in [0.25, 0.3) is 0 Å². The minimum Gasteiger partial charge on any atom is -0.404 e. The second kappa shape index (κ2) is 12.4. The molecule has 1 amide bonds. The Hall–Kier alpha value is -3.05. The highest BCUT2D eigenvalue weighted by molar-refractivity contribution is 6.09. The van der Waals surface area contributed by atoms with E-state index in [1.54, 1.807) is 20.4 Å². The molecule has 34 heavy (non-hydrogen) atoms. The standard InChI is InChI=1S/C23H36N8O3/c1-5-18(23(32)30-9-7-17(8-10-30)34-12-11-33-4)28-20-19-22(27-15-26-20)31(6-2)21(29-19)16(13-24)14-25-3/h13-15,17-18H,5-12,24H2,1-4H3,(H,26,27,28)/t18-/m0/s1. The predicted octanol–water partition coefficient (Wildman–Crippen LogP) is 1.69. The van der Waals surface area contributed by atoms with E-state index in [0.717, 1.165) is 12.8 Å². The lowest BCUT2D eigenvalue weighted by Gasteiger charge is -2.34. The van der Waals surface area contributed by atoms with Crippen LogP contribution in [0.1, 0.15) is 38.9 Å². The average molecular weight is 473 g/mol. The number of ether oxygens (including phenoxy) is 2. The van der Waals surface area contributed by atoms with Crippen molar-refractivity contribution < 1.29 is 14.3 Å². The summed E-state index contributed by atoms with van der Waals surface area (Å²) < 4.78 is 12.8. The number of nitrogens with zero attached hydrogens (tertiary/aromatic N) is 6. The number of rotatable bonds is 11. The molecular formula is C23H36N8O3. The van der Waals surface area contributed by atoms with E-state index in [2.05, 4.69) is 20.3 Å². The molecule has 0 aromatic carbocycles. The molecule has 2 aromatic rings. The van der Waals surface area contributed by atoms with Crippen LogP contribution >= 0.6 is 0 Å². The summed E-state index contributed by atoms with van der Waals surface area (Å²) in [7, 11) is 3.34. The Balaban J connectivity index is 1.77. The topological polar surface area (TPSA) is 133 Å². The zero-order chi connectivity index (χ0) is 24.5. The maximum absolute atomic E-state index is 13.3. The number of aryl methyl sites for hydroxylation is 1. The lowest BCUT2D eigenvalue weighted by molar-refractivity contribution is -0.134. The second-order valence-electron chi connectivity index (χ2n) is 8.08. The quantitative estimate of drug-likeness (QED) is 0.373. The van der Waals surface area contributed by atoms with Crippen LogP contribution in [0.3, 0.4) is 0 Å². The number of allylic oxidation sites excluding steroid dienone is 1. The fourth-order valence-electron chi connectivity index (χ4n) is 4.14. The summed E-state index contributed by atoms with van der Waals surface area (Å²) in [5.74, 6) is 1.24. The summed E-state index contributed by atoms with van der Waals surface area (Å²) in [4.78, 5) is 32.9. The predicted molar refractivity (Wildman–Crippen MR) is 133 cm³/mol. The van der Waals surface area contributed by atoms with Gasteiger partial charge in [0, 0.05) is 46.2 Å². The van der Waals surface area contributed by atoms with E-state index in [1.165, 1.54) is 12.5 Å². The van der Waals surface area contributed by atoms with Crippen LogP contribution in [-0.2, 0) is 20.8 Å². The molecule has 0 radical (unpaired) electrons. The summed E-state index contributed by atoms with van der Waals surface area (Å²) in [6.07, 6.45) is 7.05. The number of likely N-dealkylation sites (tertiary alicyclic amines) is 1. The van der Waals surface area contributed by atoms with E-state index < -0.39 is 6.04 Å². The Morgan fingerprint density at radius 3 is 2.71 bits per heavy atom. The number of nitrogens with two attached hydrogens (primary N) is 1. The van der Waals surface area contributed by atoms with Crippen molar-refractivity contribution in [2.75, 3.05) is 45.8 Å². The molecule has 11 nitrogen and oxygen atoms in total. The van der Waals surface area contributed by atoms with E-state index in [1.807, 2.05) is 23.3 Å².